The van der Waals surface area contributed by atoms with Crippen LogP contribution >= 0.6 is 0 Å². The van der Waals surface area contributed by atoms with Crippen LogP contribution in [0.5, 0.6) is 0 Å². The lowest BCUT2D eigenvalue weighted by Crippen LogP contribution is -2.09. The highest BCUT2D eigenvalue weighted by molar-refractivity contribution is 5.49. The number of nitriles is 1. The molecule has 2 aromatic carbocycles. The molecule has 0 aliphatic carbocycles. The number of hydrogen-bond donors (Lipinski definition) is 1. The molecular formula is C16H16N2. The van der Waals surface area contributed by atoms with E-state index < -0.39 is 0 Å². The van der Waals surface area contributed by atoms with Crippen LogP contribution in [0.4, 0.5) is 5.69 Å². The van der Waals surface area contributed by atoms with Gasteiger partial charge in [0.1, 0.15) is 6.04 Å². The fourth-order valence-electron chi connectivity index (χ4n) is 1.91. The Morgan fingerprint density at radius 3 is 2.28 bits per heavy atom. The van der Waals surface area contributed by atoms with Crippen molar-refractivity contribution in [2.24, 2.45) is 0 Å². The number of hydrogen-bond acceptors (Lipinski definition) is 2. The minimum atomic E-state index is -0.311. The summed E-state index contributed by atoms with van der Waals surface area (Å²) in [6, 6.07) is 18.0. The van der Waals surface area contributed by atoms with Gasteiger partial charge in [-0.3, -0.25) is 0 Å². The van der Waals surface area contributed by atoms with Crippen LogP contribution in [0.25, 0.3) is 0 Å². The van der Waals surface area contributed by atoms with E-state index in [1.54, 1.807) is 0 Å². The van der Waals surface area contributed by atoms with Gasteiger partial charge in [-0.2, -0.15) is 5.26 Å². The molecule has 0 saturated carbocycles. The molecule has 0 amide bonds. The second kappa shape index (κ2) is 5.37. The van der Waals surface area contributed by atoms with Gasteiger partial charge in [-0.1, -0.05) is 42.0 Å². The molecule has 1 N–H and O–H groups in total. The van der Waals surface area contributed by atoms with Gasteiger partial charge in [0.05, 0.1) is 6.07 Å². The van der Waals surface area contributed by atoms with E-state index in [0.29, 0.717) is 0 Å². The summed E-state index contributed by atoms with van der Waals surface area (Å²) >= 11 is 0. The minimum Gasteiger partial charge on any atom is -0.366 e. The quantitative estimate of drug-likeness (QED) is 0.875. The van der Waals surface area contributed by atoms with Crippen molar-refractivity contribution in [1.29, 1.82) is 5.26 Å². The van der Waals surface area contributed by atoms with Crippen LogP contribution in [0.3, 0.4) is 0 Å². The van der Waals surface area contributed by atoms with Gasteiger partial charge in [0.15, 0.2) is 0 Å². The van der Waals surface area contributed by atoms with Crippen molar-refractivity contribution in [2.75, 3.05) is 5.32 Å². The van der Waals surface area contributed by atoms with Crippen LogP contribution in [0.2, 0.25) is 0 Å². The topological polar surface area (TPSA) is 35.8 Å². The first-order valence-corrected chi connectivity index (χ1v) is 5.99. The lowest BCUT2D eigenvalue weighted by atomic mass is 10.0. The van der Waals surface area contributed by atoms with Crippen LogP contribution in [-0.2, 0) is 0 Å². The largest absolute Gasteiger partial charge is 0.366 e. The smallest absolute Gasteiger partial charge is 0.140 e. The maximum Gasteiger partial charge on any atom is 0.140 e. The van der Waals surface area contributed by atoms with Crippen molar-refractivity contribution in [3.8, 4) is 6.07 Å². The zero-order valence-corrected chi connectivity index (χ0v) is 10.6. The van der Waals surface area contributed by atoms with Gasteiger partial charge < -0.3 is 5.32 Å². The van der Waals surface area contributed by atoms with E-state index >= 15 is 0 Å². The third-order valence-corrected chi connectivity index (χ3v) is 2.99. The fourth-order valence-corrected chi connectivity index (χ4v) is 1.91. The second-order valence-corrected chi connectivity index (χ2v) is 4.43. The first kappa shape index (κ1) is 12.2. The second-order valence-electron chi connectivity index (χ2n) is 4.43. The van der Waals surface area contributed by atoms with Crippen LogP contribution < -0.4 is 5.32 Å². The van der Waals surface area contributed by atoms with Gasteiger partial charge in [0, 0.05) is 5.69 Å². The molecule has 0 saturated heterocycles. The van der Waals surface area contributed by atoms with E-state index in [9.17, 15) is 5.26 Å². The Morgan fingerprint density at radius 2 is 1.67 bits per heavy atom. The third kappa shape index (κ3) is 2.70. The van der Waals surface area contributed by atoms with E-state index in [2.05, 4.69) is 11.4 Å². The molecular weight excluding hydrogens is 220 g/mol. The standard InChI is InChI=1S/C16H16N2/c1-12-7-9-14(10-8-12)18-16(11-17)15-6-4-3-5-13(15)2/h3-10,16,18H,1-2H3. The highest BCUT2D eigenvalue weighted by atomic mass is 14.9. The number of rotatable bonds is 3. The summed E-state index contributed by atoms with van der Waals surface area (Å²) in [7, 11) is 0. The number of benzene rings is 2. The van der Waals surface area contributed by atoms with Gasteiger partial charge >= 0.3 is 0 Å². The van der Waals surface area contributed by atoms with Crippen molar-refractivity contribution < 1.29 is 0 Å². The maximum atomic E-state index is 9.31. The summed E-state index contributed by atoms with van der Waals surface area (Å²) in [6.45, 7) is 4.07. The summed E-state index contributed by atoms with van der Waals surface area (Å²) in [5.41, 5.74) is 4.34. The zero-order chi connectivity index (χ0) is 13.0. The molecule has 2 rings (SSSR count). The average molecular weight is 236 g/mol. The number of aryl methyl sites for hydroxylation is 2. The Hall–Kier alpha value is -2.27. The highest BCUT2D eigenvalue weighted by Crippen LogP contribution is 2.22. The van der Waals surface area contributed by atoms with Crippen LogP contribution in [0.1, 0.15) is 22.7 Å². The van der Waals surface area contributed by atoms with Gasteiger partial charge in [-0.05, 0) is 37.1 Å². The van der Waals surface area contributed by atoms with E-state index in [0.717, 1.165) is 16.8 Å². The van der Waals surface area contributed by atoms with Gasteiger partial charge in [0.2, 0.25) is 0 Å². The van der Waals surface area contributed by atoms with Crippen LogP contribution in [-0.4, -0.2) is 0 Å². The molecule has 2 heteroatoms. The molecule has 0 radical (unpaired) electrons. The summed E-state index contributed by atoms with van der Waals surface area (Å²) in [6.07, 6.45) is 0. The lowest BCUT2D eigenvalue weighted by Gasteiger charge is -2.15. The van der Waals surface area contributed by atoms with E-state index in [1.807, 2.05) is 62.4 Å². The average Bonchev–Trinajstić information content (AvgIpc) is 2.39. The molecule has 0 bridgehead atoms. The predicted octanol–water partition coefficient (Wildman–Crippen LogP) is 3.98. The fraction of sp³-hybridized carbons (Fsp3) is 0.188. The van der Waals surface area contributed by atoms with Crippen LogP contribution in [0.15, 0.2) is 48.5 Å². The summed E-state index contributed by atoms with van der Waals surface area (Å²) < 4.78 is 0. The molecule has 1 atom stereocenters. The SMILES string of the molecule is Cc1ccc(NC(C#N)c2ccccc2C)cc1. The Bertz CT molecular complexity index is 564. The first-order chi connectivity index (χ1) is 8.70. The van der Waals surface area contributed by atoms with Gasteiger partial charge in [-0.15, -0.1) is 0 Å². The predicted molar refractivity (Wildman–Crippen MR) is 74.3 cm³/mol. The minimum absolute atomic E-state index is 0.311. The molecule has 0 spiro atoms. The van der Waals surface area contributed by atoms with Crippen molar-refractivity contribution in [1.82, 2.24) is 0 Å². The molecule has 0 aromatic heterocycles. The van der Waals surface area contributed by atoms with E-state index in [1.165, 1.54) is 5.56 Å². The molecule has 0 fully saturated rings. The molecule has 90 valence electrons. The number of nitrogens with one attached hydrogen (secondary N) is 1. The summed E-state index contributed by atoms with van der Waals surface area (Å²) in [4.78, 5) is 0. The zero-order valence-electron chi connectivity index (χ0n) is 10.6. The Kier molecular flexibility index (Phi) is 3.64. The first-order valence-electron chi connectivity index (χ1n) is 5.99. The monoisotopic (exact) mass is 236 g/mol. The van der Waals surface area contributed by atoms with Gasteiger partial charge in [-0.25, -0.2) is 0 Å². The molecule has 0 aliphatic rings. The Morgan fingerprint density at radius 1 is 1.00 bits per heavy atom. The Labute approximate surface area is 108 Å². The molecule has 18 heavy (non-hydrogen) atoms. The normalized spacial score (nSPS) is 11.6. The third-order valence-electron chi connectivity index (χ3n) is 2.99. The van der Waals surface area contributed by atoms with E-state index in [-0.39, 0.29) is 6.04 Å². The molecule has 2 aromatic rings. The van der Waals surface area contributed by atoms with E-state index in [4.69, 9.17) is 0 Å². The maximum absolute atomic E-state index is 9.31. The van der Waals surface area contributed by atoms with Crippen molar-refractivity contribution in [3.63, 3.8) is 0 Å². The van der Waals surface area contributed by atoms with Crippen molar-refractivity contribution >= 4 is 5.69 Å². The highest BCUT2D eigenvalue weighted by Gasteiger charge is 2.11. The molecule has 1 unspecified atom stereocenters. The van der Waals surface area contributed by atoms with Gasteiger partial charge in [0.25, 0.3) is 0 Å². The molecule has 0 heterocycles. The molecule has 0 aliphatic heterocycles. The molecule has 2 nitrogen and oxygen atoms in total. The number of nitrogens with zero attached hydrogens (tertiary/aromatic N) is 1. The van der Waals surface area contributed by atoms with Crippen molar-refractivity contribution in [2.45, 2.75) is 19.9 Å². The summed E-state index contributed by atoms with van der Waals surface area (Å²) in [5.74, 6) is 0. The number of anilines is 1. The summed E-state index contributed by atoms with van der Waals surface area (Å²) in [5, 5.41) is 12.6. The van der Waals surface area contributed by atoms with Crippen molar-refractivity contribution in [3.05, 3.63) is 65.2 Å². The Balaban J connectivity index is 2.23. The van der Waals surface area contributed by atoms with Crippen LogP contribution in [0, 0.1) is 25.2 Å². The lowest BCUT2D eigenvalue weighted by molar-refractivity contribution is 0.981.